The Bertz CT molecular complexity index is 552. The minimum Gasteiger partial charge on any atom is -0.354 e. The summed E-state index contributed by atoms with van der Waals surface area (Å²) < 4.78 is 1.90. The van der Waals surface area contributed by atoms with Gasteiger partial charge in [0.05, 0.1) is 5.69 Å². The second kappa shape index (κ2) is 5.17. The molecule has 2 heterocycles. The Hall–Kier alpha value is -1.62. The van der Waals surface area contributed by atoms with Crippen molar-refractivity contribution >= 4 is 11.3 Å². The van der Waals surface area contributed by atoms with Crippen LogP contribution in [0.1, 0.15) is 33.4 Å². The Labute approximate surface area is 114 Å². The van der Waals surface area contributed by atoms with Crippen LogP contribution in [0.5, 0.6) is 0 Å². The molecule has 0 aromatic carbocycles. The fourth-order valence-electron chi connectivity index (χ4n) is 2.09. The molecule has 0 atom stereocenters. The Morgan fingerprint density at radius 2 is 2.11 bits per heavy atom. The van der Waals surface area contributed by atoms with Gasteiger partial charge in [-0.15, -0.1) is 0 Å². The summed E-state index contributed by atoms with van der Waals surface area (Å²) in [7, 11) is 0. The molecule has 0 aliphatic heterocycles. The highest BCUT2D eigenvalue weighted by molar-refractivity contribution is 5.69. The number of hydrogen-bond donors (Lipinski definition) is 1. The lowest BCUT2D eigenvalue weighted by Crippen LogP contribution is -2.30. The third-order valence-electron chi connectivity index (χ3n) is 3.22. The van der Waals surface area contributed by atoms with Gasteiger partial charge in [-0.2, -0.15) is 5.10 Å². The van der Waals surface area contributed by atoms with E-state index in [0.717, 1.165) is 30.1 Å². The van der Waals surface area contributed by atoms with E-state index in [4.69, 9.17) is 5.73 Å². The van der Waals surface area contributed by atoms with Gasteiger partial charge < -0.3 is 10.6 Å². The van der Waals surface area contributed by atoms with Crippen LogP contribution in [0.15, 0.2) is 18.5 Å². The van der Waals surface area contributed by atoms with Gasteiger partial charge >= 0.3 is 0 Å². The van der Waals surface area contributed by atoms with Gasteiger partial charge in [0.1, 0.15) is 5.52 Å². The third-order valence-corrected chi connectivity index (χ3v) is 3.22. The molecular formula is C14H23N5. The Morgan fingerprint density at radius 3 is 2.68 bits per heavy atom. The van der Waals surface area contributed by atoms with Gasteiger partial charge in [-0.3, -0.25) is 0 Å². The summed E-state index contributed by atoms with van der Waals surface area (Å²) in [6, 6.07) is 2.13. The highest BCUT2D eigenvalue weighted by atomic mass is 15.3. The first-order valence-corrected chi connectivity index (χ1v) is 6.77. The molecule has 0 saturated heterocycles. The van der Waals surface area contributed by atoms with Crippen LogP contribution in [0.3, 0.4) is 0 Å². The van der Waals surface area contributed by atoms with Crippen LogP contribution in [0.4, 0.5) is 5.82 Å². The van der Waals surface area contributed by atoms with E-state index in [-0.39, 0.29) is 5.41 Å². The molecule has 0 aliphatic rings. The summed E-state index contributed by atoms with van der Waals surface area (Å²) in [5, 5.41) is 4.64. The largest absolute Gasteiger partial charge is 0.354 e. The van der Waals surface area contributed by atoms with E-state index < -0.39 is 0 Å². The summed E-state index contributed by atoms with van der Waals surface area (Å²) in [5.74, 6) is 0.957. The summed E-state index contributed by atoms with van der Waals surface area (Å²) in [6.45, 7) is 10.9. The minimum atomic E-state index is 0.0359. The van der Waals surface area contributed by atoms with Gasteiger partial charge in [0.2, 0.25) is 0 Å². The highest BCUT2D eigenvalue weighted by Crippen LogP contribution is 2.25. The molecule has 2 aromatic heterocycles. The van der Waals surface area contributed by atoms with Gasteiger partial charge in [0.15, 0.2) is 5.82 Å². The quantitative estimate of drug-likeness (QED) is 0.912. The summed E-state index contributed by atoms with van der Waals surface area (Å²) in [5.41, 5.74) is 7.82. The first kappa shape index (κ1) is 13.8. The normalized spacial score (nSPS) is 12.1. The lowest BCUT2D eigenvalue weighted by molar-refractivity contribution is 0.562. The molecule has 5 nitrogen and oxygen atoms in total. The maximum Gasteiger partial charge on any atom is 0.154 e. The van der Waals surface area contributed by atoms with Crippen molar-refractivity contribution in [2.75, 3.05) is 24.5 Å². The predicted octanol–water partition coefficient (Wildman–Crippen LogP) is 1.81. The van der Waals surface area contributed by atoms with E-state index in [0.29, 0.717) is 6.54 Å². The Balaban J connectivity index is 2.53. The van der Waals surface area contributed by atoms with E-state index in [1.54, 1.807) is 6.20 Å². The van der Waals surface area contributed by atoms with Crippen LogP contribution in [-0.2, 0) is 5.41 Å². The third kappa shape index (κ3) is 2.71. The number of rotatable bonds is 4. The van der Waals surface area contributed by atoms with Gasteiger partial charge in [-0.25, -0.2) is 9.50 Å². The molecule has 0 bridgehead atoms. The van der Waals surface area contributed by atoms with Gasteiger partial charge in [-0.1, -0.05) is 20.8 Å². The fraction of sp³-hybridized carbons (Fsp3) is 0.571. The van der Waals surface area contributed by atoms with E-state index in [1.807, 2.05) is 10.7 Å². The lowest BCUT2D eigenvalue weighted by atomic mass is 9.92. The van der Waals surface area contributed by atoms with Gasteiger partial charge in [-0.05, 0) is 13.0 Å². The second-order valence-corrected chi connectivity index (χ2v) is 5.73. The van der Waals surface area contributed by atoms with Crippen LogP contribution in [0.25, 0.3) is 5.52 Å². The molecule has 0 unspecified atom stereocenters. The van der Waals surface area contributed by atoms with E-state index >= 15 is 0 Å². The first-order valence-electron chi connectivity index (χ1n) is 6.77. The molecule has 0 saturated carbocycles. The molecule has 5 heteroatoms. The number of likely N-dealkylation sites (N-methyl/N-ethyl adjacent to an activating group) is 1. The van der Waals surface area contributed by atoms with Crippen molar-refractivity contribution in [3.63, 3.8) is 0 Å². The molecule has 0 aliphatic carbocycles. The second-order valence-electron chi connectivity index (χ2n) is 5.73. The number of fused-ring (bicyclic) bond motifs is 1. The first-order chi connectivity index (χ1) is 8.97. The predicted molar refractivity (Wildman–Crippen MR) is 78.6 cm³/mol. The molecule has 0 spiro atoms. The van der Waals surface area contributed by atoms with Crippen molar-refractivity contribution in [1.29, 1.82) is 0 Å². The van der Waals surface area contributed by atoms with Crippen LogP contribution in [0.2, 0.25) is 0 Å². The molecule has 2 N–H and O–H groups in total. The number of nitrogens with two attached hydrogens (primary N) is 1. The molecule has 0 amide bonds. The molecule has 0 radical (unpaired) electrons. The lowest BCUT2D eigenvalue weighted by Gasteiger charge is -2.21. The minimum absolute atomic E-state index is 0.0359. The monoisotopic (exact) mass is 261 g/mol. The Kier molecular flexibility index (Phi) is 3.75. The number of hydrogen-bond acceptors (Lipinski definition) is 4. The zero-order valence-corrected chi connectivity index (χ0v) is 12.2. The maximum absolute atomic E-state index is 5.67. The zero-order chi connectivity index (χ0) is 14.0. The topological polar surface area (TPSA) is 59.5 Å². The van der Waals surface area contributed by atoms with E-state index in [9.17, 15) is 0 Å². The van der Waals surface area contributed by atoms with Crippen LogP contribution < -0.4 is 10.6 Å². The molecule has 2 rings (SSSR count). The number of nitrogens with zero attached hydrogens (tertiary/aromatic N) is 4. The number of aromatic nitrogens is 3. The van der Waals surface area contributed by atoms with Crippen molar-refractivity contribution in [2.24, 2.45) is 5.73 Å². The highest BCUT2D eigenvalue weighted by Gasteiger charge is 2.20. The van der Waals surface area contributed by atoms with Crippen LogP contribution in [0, 0.1) is 0 Å². The van der Waals surface area contributed by atoms with Gasteiger partial charge in [0.25, 0.3) is 0 Å². The van der Waals surface area contributed by atoms with Crippen molar-refractivity contribution < 1.29 is 0 Å². The summed E-state index contributed by atoms with van der Waals surface area (Å²) in [4.78, 5) is 6.69. The fourth-order valence-corrected chi connectivity index (χ4v) is 2.09. The van der Waals surface area contributed by atoms with Crippen LogP contribution >= 0.6 is 0 Å². The Morgan fingerprint density at radius 1 is 1.37 bits per heavy atom. The van der Waals surface area contributed by atoms with E-state index in [1.165, 1.54) is 0 Å². The summed E-state index contributed by atoms with van der Waals surface area (Å²) in [6.07, 6.45) is 3.69. The molecule has 104 valence electrons. The average Bonchev–Trinajstić information content (AvgIpc) is 2.79. The molecule has 2 aromatic rings. The summed E-state index contributed by atoms with van der Waals surface area (Å²) >= 11 is 0. The maximum atomic E-state index is 5.67. The van der Waals surface area contributed by atoms with Crippen molar-refractivity contribution in [3.8, 4) is 0 Å². The smallest absolute Gasteiger partial charge is 0.154 e. The molecule has 0 fully saturated rings. The van der Waals surface area contributed by atoms with Crippen molar-refractivity contribution in [3.05, 3.63) is 24.2 Å². The molecule has 19 heavy (non-hydrogen) atoms. The van der Waals surface area contributed by atoms with Gasteiger partial charge in [0, 0.05) is 37.4 Å². The van der Waals surface area contributed by atoms with Crippen LogP contribution in [-0.4, -0.2) is 34.2 Å². The van der Waals surface area contributed by atoms with Crippen molar-refractivity contribution in [1.82, 2.24) is 14.6 Å². The SMILES string of the molecule is CCN(CCN)c1nccn2nc(C(C)(C)C)cc12. The zero-order valence-electron chi connectivity index (χ0n) is 12.2. The molecular weight excluding hydrogens is 238 g/mol. The number of anilines is 1. The standard InChI is InChI=1S/C14H23N5/c1-5-18(8-6-15)13-11-10-12(14(2,3)4)17-19(11)9-7-16-13/h7,9-10H,5-6,8,15H2,1-4H3. The average molecular weight is 261 g/mol. The van der Waals surface area contributed by atoms with Crippen molar-refractivity contribution in [2.45, 2.75) is 33.1 Å². The van der Waals surface area contributed by atoms with E-state index in [2.05, 4.69) is 48.7 Å².